The molecule has 1 heterocycles. The number of aromatic nitrogens is 2. The zero-order valence-corrected chi connectivity index (χ0v) is 12.1. The Balaban J connectivity index is 2.55. The molecule has 6 heteroatoms. The summed E-state index contributed by atoms with van der Waals surface area (Å²) in [5, 5.41) is 7.98. The van der Waals surface area contributed by atoms with Crippen molar-refractivity contribution in [3.05, 3.63) is 51.5 Å². The van der Waals surface area contributed by atoms with E-state index < -0.39 is 5.82 Å². The van der Waals surface area contributed by atoms with Crippen LogP contribution in [0.5, 0.6) is 0 Å². The van der Waals surface area contributed by atoms with Gasteiger partial charge in [-0.05, 0) is 18.2 Å². The molecule has 3 nitrogen and oxygen atoms in total. The second-order valence-electron chi connectivity index (χ2n) is 4.14. The summed E-state index contributed by atoms with van der Waals surface area (Å²) in [5.74, 6) is -0.444. The van der Waals surface area contributed by atoms with E-state index in [-0.39, 0.29) is 11.1 Å². The van der Waals surface area contributed by atoms with Crippen LogP contribution >= 0.6 is 23.2 Å². The molecule has 2 aromatic rings. The third kappa shape index (κ3) is 2.76. The molecule has 0 saturated carbocycles. The van der Waals surface area contributed by atoms with Crippen LogP contribution in [0.2, 0.25) is 10.0 Å². The molecule has 102 valence electrons. The molecule has 0 bridgehead atoms. The molecule has 2 rings (SSSR count). The maximum absolute atomic E-state index is 13.6. The smallest absolute Gasteiger partial charge is 0.142 e. The van der Waals surface area contributed by atoms with Crippen molar-refractivity contribution in [1.29, 1.82) is 0 Å². The van der Waals surface area contributed by atoms with E-state index in [1.807, 2.05) is 6.92 Å². The molecule has 1 unspecified atom stereocenters. The molecule has 0 radical (unpaired) electrons. The normalized spacial score (nSPS) is 12.7. The van der Waals surface area contributed by atoms with Gasteiger partial charge in [0.15, 0.2) is 0 Å². The molecule has 0 saturated heterocycles. The maximum atomic E-state index is 13.6. The van der Waals surface area contributed by atoms with Gasteiger partial charge in [0.2, 0.25) is 0 Å². The molecule has 0 aliphatic rings. The number of rotatable bonds is 4. The van der Waals surface area contributed by atoms with E-state index in [2.05, 4.69) is 10.4 Å². The number of hydrogen-bond acceptors (Lipinski definition) is 2. The van der Waals surface area contributed by atoms with Gasteiger partial charge in [0.25, 0.3) is 0 Å². The predicted octanol–water partition coefficient (Wildman–Crippen LogP) is 3.56. The average Bonchev–Trinajstić information content (AvgIpc) is 2.70. The van der Waals surface area contributed by atoms with E-state index in [4.69, 9.17) is 23.2 Å². The maximum Gasteiger partial charge on any atom is 0.142 e. The number of hydrogen-bond donors (Lipinski definition) is 1. The Labute approximate surface area is 121 Å². The Hall–Kier alpha value is -1.10. The van der Waals surface area contributed by atoms with Gasteiger partial charge >= 0.3 is 0 Å². The minimum absolute atomic E-state index is 0.103. The van der Waals surface area contributed by atoms with Crippen LogP contribution in [0.25, 0.3) is 0 Å². The Morgan fingerprint density at radius 1 is 1.42 bits per heavy atom. The summed E-state index contributed by atoms with van der Waals surface area (Å²) < 4.78 is 15.3. The molecular weight excluding hydrogens is 288 g/mol. The van der Waals surface area contributed by atoms with E-state index >= 15 is 0 Å². The molecule has 1 aromatic heterocycles. The van der Waals surface area contributed by atoms with Crippen LogP contribution in [-0.4, -0.2) is 16.3 Å². The van der Waals surface area contributed by atoms with Gasteiger partial charge in [-0.15, -0.1) is 0 Å². The molecule has 0 spiro atoms. The quantitative estimate of drug-likeness (QED) is 0.936. The number of nitrogens with one attached hydrogen (secondary N) is 1. The zero-order chi connectivity index (χ0) is 14.0. The molecule has 0 fully saturated rings. The third-order valence-corrected chi connectivity index (χ3v) is 3.60. The van der Waals surface area contributed by atoms with Gasteiger partial charge in [-0.2, -0.15) is 5.10 Å². The van der Waals surface area contributed by atoms with Crippen molar-refractivity contribution in [2.75, 3.05) is 6.54 Å². The van der Waals surface area contributed by atoms with Gasteiger partial charge in [0, 0.05) is 7.05 Å². The van der Waals surface area contributed by atoms with Crippen LogP contribution in [0.15, 0.2) is 24.4 Å². The topological polar surface area (TPSA) is 29.9 Å². The van der Waals surface area contributed by atoms with Crippen LogP contribution in [0.1, 0.15) is 24.2 Å². The van der Waals surface area contributed by atoms with Gasteiger partial charge in [0.1, 0.15) is 5.82 Å². The molecule has 1 aromatic carbocycles. The second kappa shape index (κ2) is 5.90. The van der Waals surface area contributed by atoms with Gasteiger partial charge in [0.05, 0.1) is 28.0 Å². The number of benzene rings is 1. The lowest BCUT2D eigenvalue weighted by atomic mass is 10.0. The lowest BCUT2D eigenvalue weighted by Crippen LogP contribution is -2.25. The summed E-state index contributed by atoms with van der Waals surface area (Å²) in [4.78, 5) is 0. The fourth-order valence-corrected chi connectivity index (χ4v) is 2.56. The van der Waals surface area contributed by atoms with Gasteiger partial charge in [-0.3, -0.25) is 4.68 Å². The van der Waals surface area contributed by atoms with Crippen LogP contribution < -0.4 is 5.32 Å². The molecule has 0 amide bonds. The second-order valence-corrected chi connectivity index (χ2v) is 4.92. The van der Waals surface area contributed by atoms with E-state index in [0.717, 1.165) is 5.69 Å². The fraction of sp³-hybridized carbons (Fsp3) is 0.308. The summed E-state index contributed by atoms with van der Waals surface area (Å²) in [6.07, 6.45) is 1.56. The average molecular weight is 302 g/mol. The minimum Gasteiger partial charge on any atom is -0.305 e. The Kier molecular flexibility index (Phi) is 4.45. The summed E-state index contributed by atoms with van der Waals surface area (Å²) in [5.41, 5.74) is 1.41. The fourth-order valence-electron chi connectivity index (χ4n) is 2.05. The van der Waals surface area contributed by atoms with E-state index in [9.17, 15) is 4.39 Å². The van der Waals surface area contributed by atoms with Crippen molar-refractivity contribution in [2.45, 2.75) is 13.0 Å². The van der Waals surface area contributed by atoms with Crippen molar-refractivity contribution in [2.24, 2.45) is 7.05 Å². The van der Waals surface area contributed by atoms with Crippen molar-refractivity contribution < 1.29 is 4.39 Å². The Bertz CT molecular complexity index is 564. The Morgan fingerprint density at radius 2 is 2.16 bits per heavy atom. The largest absolute Gasteiger partial charge is 0.305 e. The van der Waals surface area contributed by atoms with Crippen LogP contribution in [0, 0.1) is 5.82 Å². The first-order valence-corrected chi connectivity index (χ1v) is 6.66. The third-order valence-electron chi connectivity index (χ3n) is 2.91. The monoisotopic (exact) mass is 301 g/mol. The number of halogens is 3. The van der Waals surface area contributed by atoms with Crippen molar-refractivity contribution in [3.8, 4) is 0 Å². The summed E-state index contributed by atoms with van der Waals surface area (Å²) in [6.45, 7) is 2.66. The molecule has 0 aliphatic carbocycles. The molecular formula is C13H14Cl2FN3. The first kappa shape index (κ1) is 14.3. The highest BCUT2D eigenvalue weighted by molar-refractivity contribution is 6.32. The Morgan fingerprint density at radius 3 is 2.74 bits per heavy atom. The first-order chi connectivity index (χ1) is 9.06. The van der Waals surface area contributed by atoms with Crippen LogP contribution in [-0.2, 0) is 7.05 Å². The van der Waals surface area contributed by atoms with E-state index in [1.165, 1.54) is 6.07 Å². The molecule has 1 atom stereocenters. The summed E-state index contributed by atoms with van der Waals surface area (Å²) in [6, 6.07) is 4.45. The first-order valence-electron chi connectivity index (χ1n) is 5.91. The molecule has 1 N–H and O–H groups in total. The highest BCUT2D eigenvalue weighted by Crippen LogP contribution is 2.33. The van der Waals surface area contributed by atoms with E-state index in [1.54, 1.807) is 30.1 Å². The van der Waals surface area contributed by atoms with E-state index in [0.29, 0.717) is 17.1 Å². The molecule has 0 aliphatic heterocycles. The predicted molar refractivity (Wildman–Crippen MR) is 75.1 cm³/mol. The van der Waals surface area contributed by atoms with Crippen molar-refractivity contribution in [3.63, 3.8) is 0 Å². The van der Waals surface area contributed by atoms with Crippen molar-refractivity contribution >= 4 is 23.2 Å². The number of nitrogens with zero attached hydrogens (tertiary/aromatic N) is 2. The lowest BCUT2D eigenvalue weighted by molar-refractivity contribution is 0.565. The highest BCUT2D eigenvalue weighted by atomic mass is 35.5. The number of aryl methyl sites for hydroxylation is 1. The van der Waals surface area contributed by atoms with Crippen LogP contribution in [0.4, 0.5) is 4.39 Å². The summed E-state index contributed by atoms with van der Waals surface area (Å²) in [7, 11) is 1.79. The van der Waals surface area contributed by atoms with Gasteiger partial charge in [-0.1, -0.05) is 42.3 Å². The summed E-state index contributed by atoms with van der Waals surface area (Å²) >= 11 is 12.2. The SMILES string of the molecule is CCNC(c1cccc(F)c1Cl)c1c(Cl)cnn1C. The van der Waals surface area contributed by atoms with Gasteiger partial charge < -0.3 is 5.32 Å². The highest BCUT2D eigenvalue weighted by Gasteiger charge is 2.23. The zero-order valence-electron chi connectivity index (χ0n) is 10.6. The minimum atomic E-state index is -0.444. The lowest BCUT2D eigenvalue weighted by Gasteiger charge is -2.20. The van der Waals surface area contributed by atoms with Gasteiger partial charge in [-0.25, -0.2) is 4.39 Å². The van der Waals surface area contributed by atoms with Crippen molar-refractivity contribution in [1.82, 2.24) is 15.1 Å². The standard InChI is InChI=1S/C13H14Cl2FN3/c1-3-17-12(13-9(14)7-18-19(13)2)8-5-4-6-10(16)11(8)15/h4-7,12,17H,3H2,1-2H3. The van der Waals surface area contributed by atoms with Crippen LogP contribution in [0.3, 0.4) is 0 Å². The molecule has 19 heavy (non-hydrogen) atoms.